The topological polar surface area (TPSA) is 41.6 Å². The summed E-state index contributed by atoms with van der Waals surface area (Å²) in [6.07, 6.45) is 5.89. The van der Waals surface area contributed by atoms with Gasteiger partial charge in [-0.1, -0.05) is 0 Å². The lowest BCUT2D eigenvalue weighted by Crippen LogP contribution is -2.42. The second kappa shape index (κ2) is 9.97. The lowest BCUT2D eigenvalue weighted by atomic mass is 9.93. The number of hydrogen-bond acceptors (Lipinski definition) is 3. The van der Waals surface area contributed by atoms with Crippen LogP contribution in [0.2, 0.25) is 0 Å². The van der Waals surface area contributed by atoms with Gasteiger partial charge in [0, 0.05) is 32.4 Å². The van der Waals surface area contributed by atoms with E-state index in [-0.39, 0.29) is 30.2 Å². The van der Waals surface area contributed by atoms with E-state index in [2.05, 4.69) is 5.32 Å². The Kier molecular flexibility index (Phi) is 7.97. The Morgan fingerprint density at radius 2 is 1.76 bits per heavy atom. The molecular formula is C19H28ClFN2O2. The summed E-state index contributed by atoms with van der Waals surface area (Å²) >= 11 is 0. The monoisotopic (exact) mass is 370 g/mol. The average molecular weight is 371 g/mol. The number of ether oxygens (including phenoxy) is 1. The summed E-state index contributed by atoms with van der Waals surface area (Å²) in [4.78, 5) is 14.3. The van der Waals surface area contributed by atoms with E-state index in [1.807, 2.05) is 4.90 Å². The summed E-state index contributed by atoms with van der Waals surface area (Å²) in [5.74, 6) is 1.44. The van der Waals surface area contributed by atoms with Crippen LogP contribution in [0.1, 0.15) is 38.5 Å². The second-order valence-corrected chi connectivity index (χ2v) is 6.88. The maximum absolute atomic E-state index is 12.9. The second-order valence-electron chi connectivity index (χ2n) is 6.88. The molecule has 4 nitrogen and oxygen atoms in total. The fraction of sp³-hybridized carbons (Fsp3) is 0.632. The van der Waals surface area contributed by atoms with Crippen molar-refractivity contribution < 1.29 is 13.9 Å². The molecule has 0 aliphatic carbocycles. The van der Waals surface area contributed by atoms with Gasteiger partial charge in [-0.05, 0) is 62.5 Å². The summed E-state index contributed by atoms with van der Waals surface area (Å²) < 4.78 is 18.8. The van der Waals surface area contributed by atoms with Crippen molar-refractivity contribution in [2.45, 2.75) is 44.6 Å². The molecule has 2 saturated heterocycles. The summed E-state index contributed by atoms with van der Waals surface area (Å²) in [7, 11) is 0. The van der Waals surface area contributed by atoms with E-state index < -0.39 is 0 Å². The molecule has 0 aromatic heterocycles. The van der Waals surface area contributed by atoms with Crippen LogP contribution in [0.5, 0.6) is 5.75 Å². The number of carbonyl (C=O) groups excluding carboxylic acids is 1. The predicted molar refractivity (Wildman–Crippen MR) is 98.7 cm³/mol. The summed E-state index contributed by atoms with van der Waals surface area (Å²) in [5, 5.41) is 3.36. The molecule has 0 atom stereocenters. The fourth-order valence-corrected chi connectivity index (χ4v) is 3.58. The molecule has 0 unspecified atom stereocenters. The number of piperidine rings is 2. The lowest BCUT2D eigenvalue weighted by molar-refractivity contribution is -0.133. The molecule has 0 radical (unpaired) electrons. The first-order valence-electron chi connectivity index (χ1n) is 9.11. The summed E-state index contributed by atoms with van der Waals surface area (Å²) in [6.45, 7) is 3.70. The molecule has 1 N–H and O–H groups in total. The summed E-state index contributed by atoms with van der Waals surface area (Å²) in [6, 6.07) is 6.14. The molecule has 2 aliphatic rings. The molecule has 1 aromatic rings. The van der Waals surface area contributed by atoms with Crippen molar-refractivity contribution in [2.75, 3.05) is 26.2 Å². The molecule has 1 aromatic carbocycles. The number of amides is 1. The van der Waals surface area contributed by atoms with Gasteiger partial charge in [-0.25, -0.2) is 4.39 Å². The molecule has 3 rings (SSSR count). The van der Waals surface area contributed by atoms with E-state index in [0.29, 0.717) is 18.1 Å². The minimum Gasteiger partial charge on any atom is -0.490 e. The van der Waals surface area contributed by atoms with Crippen molar-refractivity contribution in [1.82, 2.24) is 10.2 Å². The first-order chi connectivity index (χ1) is 11.7. The van der Waals surface area contributed by atoms with Crippen molar-refractivity contribution >= 4 is 18.3 Å². The largest absolute Gasteiger partial charge is 0.490 e. The van der Waals surface area contributed by atoms with Gasteiger partial charge in [0.05, 0.1) is 0 Å². The number of carbonyl (C=O) groups is 1. The SMILES string of the molecule is Cl.O=C(CCC1CCNCC1)N1CCC(Oc2ccc(F)cc2)CC1. The highest BCUT2D eigenvalue weighted by Gasteiger charge is 2.24. The Balaban J connectivity index is 0.00000225. The van der Waals surface area contributed by atoms with Crippen LogP contribution in [0.15, 0.2) is 24.3 Å². The molecule has 2 aliphatic heterocycles. The Morgan fingerprint density at radius 3 is 2.40 bits per heavy atom. The van der Waals surface area contributed by atoms with Crippen LogP contribution in [-0.2, 0) is 4.79 Å². The minimum atomic E-state index is -0.253. The van der Waals surface area contributed by atoms with E-state index in [9.17, 15) is 9.18 Å². The zero-order chi connectivity index (χ0) is 16.8. The number of halogens is 2. The Hall–Kier alpha value is -1.33. The van der Waals surface area contributed by atoms with Gasteiger partial charge in [0.2, 0.25) is 5.91 Å². The maximum atomic E-state index is 12.9. The standard InChI is InChI=1S/C19H27FN2O2.ClH/c20-16-2-4-17(5-3-16)24-18-9-13-22(14-10-18)19(23)6-1-15-7-11-21-12-8-15;/h2-5,15,18,21H,1,6-14H2;1H. The molecule has 1 amide bonds. The van der Waals surface area contributed by atoms with Gasteiger partial charge < -0.3 is 15.0 Å². The number of hydrogen-bond donors (Lipinski definition) is 1. The molecular weight excluding hydrogens is 343 g/mol. The van der Waals surface area contributed by atoms with Crippen LogP contribution in [0.25, 0.3) is 0 Å². The number of likely N-dealkylation sites (tertiary alicyclic amines) is 1. The van der Waals surface area contributed by atoms with Crippen LogP contribution < -0.4 is 10.1 Å². The molecule has 0 saturated carbocycles. The highest BCUT2D eigenvalue weighted by molar-refractivity contribution is 5.85. The van der Waals surface area contributed by atoms with E-state index in [0.717, 1.165) is 45.4 Å². The number of nitrogens with zero attached hydrogens (tertiary/aromatic N) is 1. The van der Waals surface area contributed by atoms with Gasteiger partial charge in [0.25, 0.3) is 0 Å². The maximum Gasteiger partial charge on any atom is 0.222 e. The van der Waals surface area contributed by atoms with Gasteiger partial charge in [-0.2, -0.15) is 0 Å². The number of benzene rings is 1. The van der Waals surface area contributed by atoms with Gasteiger partial charge in [-0.3, -0.25) is 4.79 Å². The van der Waals surface area contributed by atoms with Gasteiger partial charge in [-0.15, -0.1) is 12.4 Å². The van der Waals surface area contributed by atoms with Crippen LogP contribution in [0.4, 0.5) is 4.39 Å². The third-order valence-electron chi connectivity index (χ3n) is 5.14. The molecule has 25 heavy (non-hydrogen) atoms. The lowest BCUT2D eigenvalue weighted by Gasteiger charge is -2.32. The van der Waals surface area contributed by atoms with Crippen LogP contribution >= 0.6 is 12.4 Å². The minimum absolute atomic E-state index is 0. The van der Waals surface area contributed by atoms with Crippen molar-refractivity contribution in [1.29, 1.82) is 0 Å². The predicted octanol–water partition coefficient (Wildman–Crippen LogP) is 3.40. The molecule has 0 spiro atoms. The van der Waals surface area contributed by atoms with Crippen molar-refractivity contribution in [3.8, 4) is 5.75 Å². The normalized spacial score (nSPS) is 19.3. The Morgan fingerprint density at radius 1 is 1.12 bits per heavy atom. The zero-order valence-electron chi connectivity index (χ0n) is 14.6. The number of rotatable bonds is 5. The first-order valence-corrected chi connectivity index (χ1v) is 9.11. The first kappa shape index (κ1) is 20.0. The highest BCUT2D eigenvalue weighted by atomic mass is 35.5. The highest BCUT2D eigenvalue weighted by Crippen LogP contribution is 2.22. The average Bonchev–Trinajstić information content (AvgIpc) is 2.63. The molecule has 2 heterocycles. The van der Waals surface area contributed by atoms with Gasteiger partial charge in [0.1, 0.15) is 17.7 Å². The van der Waals surface area contributed by atoms with Gasteiger partial charge >= 0.3 is 0 Å². The molecule has 140 valence electrons. The van der Waals surface area contributed by atoms with E-state index >= 15 is 0 Å². The third kappa shape index (κ3) is 6.15. The molecule has 6 heteroatoms. The van der Waals surface area contributed by atoms with Crippen LogP contribution in [0, 0.1) is 11.7 Å². The Labute approximate surface area is 155 Å². The van der Waals surface area contributed by atoms with Crippen LogP contribution in [-0.4, -0.2) is 43.1 Å². The van der Waals surface area contributed by atoms with Gasteiger partial charge in [0.15, 0.2) is 0 Å². The zero-order valence-corrected chi connectivity index (χ0v) is 15.4. The fourth-order valence-electron chi connectivity index (χ4n) is 3.58. The van der Waals surface area contributed by atoms with E-state index in [1.54, 1.807) is 12.1 Å². The smallest absolute Gasteiger partial charge is 0.222 e. The van der Waals surface area contributed by atoms with E-state index in [4.69, 9.17) is 4.74 Å². The summed E-state index contributed by atoms with van der Waals surface area (Å²) in [5.41, 5.74) is 0. The van der Waals surface area contributed by atoms with Crippen molar-refractivity contribution in [2.24, 2.45) is 5.92 Å². The Bertz CT molecular complexity index is 527. The van der Waals surface area contributed by atoms with E-state index in [1.165, 1.54) is 25.0 Å². The third-order valence-corrected chi connectivity index (χ3v) is 5.14. The molecule has 2 fully saturated rings. The number of nitrogens with one attached hydrogen (secondary N) is 1. The quantitative estimate of drug-likeness (QED) is 0.863. The van der Waals surface area contributed by atoms with Crippen molar-refractivity contribution in [3.63, 3.8) is 0 Å². The van der Waals surface area contributed by atoms with Crippen molar-refractivity contribution in [3.05, 3.63) is 30.1 Å². The van der Waals surface area contributed by atoms with Crippen LogP contribution in [0.3, 0.4) is 0 Å². The molecule has 0 bridgehead atoms.